The first-order valence-corrected chi connectivity index (χ1v) is 12.1. The van der Waals surface area contributed by atoms with Gasteiger partial charge in [0, 0.05) is 10.6 Å². The van der Waals surface area contributed by atoms with Crippen LogP contribution < -0.4 is 10.6 Å². The molecule has 26 heavy (non-hydrogen) atoms. The van der Waals surface area contributed by atoms with Gasteiger partial charge in [-0.25, -0.2) is 4.98 Å². The molecule has 4 aromatic rings. The van der Waals surface area contributed by atoms with E-state index in [0.29, 0.717) is 4.34 Å². The van der Waals surface area contributed by atoms with Crippen molar-refractivity contribution >= 4 is 50.1 Å². The van der Waals surface area contributed by atoms with Gasteiger partial charge in [-0.3, -0.25) is 4.21 Å². The van der Waals surface area contributed by atoms with Gasteiger partial charge in [0.15, 0.2) is 11.5 Å². The second-order valence-electron chi connectivity index (χ2n) is 5.83. The highest BCUT2D eigenvalue weighted by molar-refractivity contribution is 7.99. The maximum absolute atomic E-state index is 14.0. The van der Waals surface area contributed by atoms with E-state index in [-0.39, 0.29) is 5.49 Å². The van der Waals surface area contributed by atoms with E-state index in [0.717, 1.165) is 20.8 Å². The van der Waals surface area contributed by atoms with Gasteiger partial charge in [-0.1, -0.05) is 72.8 Å². The molecular formula is C20H16NO2PS2. The van der Waals surface area contributed by atoms with Crippen LogP contribution in [0.5, 0.6) is 0 Å². The lowest BCUT2D eigenvalue weighted by Gasteiger charge is -2.18. The van der Waals surface area contributed by atoms with E-state index in [2.05, 4.69) is 4.98 Å². The Hall–Kier alpha value is -2.07. The SMILES string of the molecule is O=S(CP(=O)(c1ccccc1)c1ccccc1)c1nc2ccccc2s1. The third-order valence-electron chi connectivity index (χ3n) is 4.11. The quantitative estimate of drug-likeness (QED) is 0.470. The van der Waals surface area contributed by atoms with Crippen molar-refractivity contribution in [3.63, 3.8) is 0 Å². The molecule has 6 heteroatoms. The first kappa shape index (κ1) is 17.3. The van der Waals surface area contributed by atoms with E-state index in [1.807, 2.05) is 84.9 Å². The fraction of sp³-hybridized carbons (Fsp3) is 0.0500. The lowest BCUT2D eigenvalue weighted by molar-refractivity contribution is 0.589. The van der Waals surface area contributed by atoms with Gasteiger partial charge in [-0.15, -0.1) is 11.3 Å². The fourth-order valence-electron chi connectivity index (χ4n) is 2.80. The number of para-hydroxylation sites is 1. The van der Waals surface area contributed by atoms with Crippen LogP contribution in [-0.2, 0) is 15.4 Å². The largest absolute Gasteiger partial charge is 0.313 e. The molecule has 0 bridgehead atoms. The van der Waals surface area contributed by atoms with Gasteiger partial charge in [0.25, 0.3) is 0 Å². The molecule has 1 unspecified atom stereocenters. The van der Waals surface area contributed by atoms with Crippen molar-refractivity contribution in [1.82, 2.24) is 4.98 Å². The van der Waals surface area contributed by atoms with E-state index in [9.17, 15) is 8.77 Å². The molecule has 1 aromatic heterocycles. The zero-order chi connectivity index (χ0) is 18.0. The van der Waals surface area contributed by atoms with E-state index < -0.39 is 17.9 Å². The minimum Gasteiger partial charge on any atom is -0.313 e. The molecule has 0 aliphatic heterocycles. The lowest BCUT2D eigenvalue weighted by atomic mass is 10.3. The average molecular weight is 397 g/mol. The Morgan fingerprint density at radius 3 is 1.92 bits per heavy atom. The molecule has 1 heterocycles. The summed E-state index contributed by atoms with van der Waals surface area (Å²) in [5, 5.41) is 1.45. The standard InChI is InChI=1S/C20H16NO2PS2/c22-24(16-9-3-1-4-10-16,17-11-5-2-6-12-17)15-26(23)20-21-18-13-7-8-14-19(18)25-20/h1-14H,15H2. The lowest BCUT2D eigenvalue weighted by Crippen LogP contribution is -2.20. The molecule has 4 rings (SSSR count). The van der Waals surface area contributed by atoms with Gasteiger partial charge in [0.05, 0.1) is 26.5 Å². The molecule has 0 amide bonds. The Balaban J connectivity index is 1.75. The highest BCUT2D eigenvalue weighted by atomic mass is 32.2. The zero-order valence-corrected chi connectivity index (χ0v) is 16.3. The van der Waals surface area contributed by atoms with Crippen molar-refractivity contribution in [3.8, 4) is 0 Å². The van der Waals surface area contributed by atoms with Crippen LogP contribution in [0.3, 0.4) is 0 Å². The summed E-state index contributed by atoms with van der Waals surface area (Å²) in [6.45, 7) is 0. The van der Waals surface area contributed by atoms with E-state index in [1.54, 1.807) is 0 Å². The minimum absolute atomic E-state index is 0.0564. The molecule has 0 fully saturated rings. The van der Waals surface area contributed by atoms with Gasteiger partial charge < -0.3 is 4.57 Å². The summed E-state index contributed by atoms with van der Waals surface area (Å²) in [5.41, 5.74) is 0.885. The molecule has 0 saturated carbocycles. The normalized spacial score (nSPS) is 12.9. The van der Waals surface area contributed by atoms with Crippen LogP contribution in [0.15, 0.2) is 89.3 Å². The summed E-state index contributed by atoms with van der Waals surface area (Å²) in [6, 6.07) is 26.4. The minimum atomic E-state index is -3.02. The molecule has 130 valence electrons. The summed E-state index contributed by atoms with van der Waals surface area (Å²) in [4.78, 5) is 4.48. The summed E-state index contributed by atoms with van der Waals surface area (Å²) in [5.74, 6) is 0. The molecule has 0 saturated heterocycles. The number of rotatable bonds is 5. The monoisotopic (exact) mass is 397 g/mol. The van der Waals surface area contributed by atoms with Crippen LogP contribution in [0.1, 0.15) is 0 Å². The topological polar surface area (TPSA) is 47.0 Å². The predicted octanol–water partition coefficient (Wildman–Crippen LogP) is 4.38. The van der Waals surface area contributed by atoms with Crippen molar-refractivity contribution in [2.45, 2.75) is 4.34 Å². The third kappa shape index (κ3) is 3.30. The number of benzene rings is 3. The van der Waals surface area contributed by atoms with Gasteiger partial charge >= 0.3 is 0 Å². The maximum Gasteiger partial charge on any atom is 0.182 e. The molecule has 0 aliphatic rings. The average Bonchev–Trinajstić information content (AvgIpc) is 3.14. The van der Waals surface area contributed by atoms with Crippen LogP contribution in [0.4, 0.5) is 0 Å². The van der Waals surface area contributed by atoms with Gasteiger partial charge in [-0.2, -0.15) is 0 Å². The predicted molar refractivity (Wildman–Crippen MR) is 111 cm³/mol. The number of fused-ring (bicyclic) bond motifs is 1. The van der Waals surface area contributed by atoms with E-state index in [4.69, 9.17) is 0 Å². The van der Waals surface area contributed by atoms with Crippen molar-refractivity contribution in [3.05, 3.63) is 84.9 Å². The first-order chi connectivity index (χ1) is 12.7. The van der Waals surface area contributed by atoms with Crippen LogP contribution in [0, 0.1) is 0 Å². The number of thiazole rings is 1. The summed E-state index contributed by atoms with van der Waals surface area (Å²) in [7, 11) is -4.46. The molecule has 0 spiro atoms. The number of aromatic nitrogens is 1. The van der Waals surface area contributed by atoms with Crippen LogP contribution in [-0.4, -0.2) is 14.7 Å². The number of nitrogens with zero attached hydrogens (tertiary/aromatic N) is 1. The fourth-order valence-corrected chi connectivity index (χ4v) is 9.38. The first-order valence-electron chi connectivity index (χ1n) is 8.11. The molecule has 1 atom stereocenters. The zero-order valence-electron chi connectivity index (χ0n) is 13.8. The smallest absolute Gasteiger partial charge is 0.182 e. The van der Waals surface area contributed by atoms with Gasteiger partial charge in [0.1, 0.15) is 0 Å². The molecule has 3 nitrogen and oxygen atoms in total. The molecule has 0 aliphatic carbocycles. The Kier molecular flexibility index (Phi) is 4.86. The number of hydrogen-bond donors (Lipinski definition) is 0. The highest BCUT2D eigenvalue weighted by Gasteiger charge is 2.31. The summed E-state index contributed by atoms with van der Waals surface area (Å²) >= 11 is 1.40. The second-order valence-corrected chi connectivity index (χ2v) is 11.7. The Labute approximate surface area is 158 Å². The molecule has 0 radical (unpaired) electrons. The second kappa shape index (κ2) is 7.28. The van der Waals surface area contributed by atoms with E-state index >= 15 is 0 Å². The van der Waals surface area contributed by atoms with Crippen LogP contribution in [0.2, 0.25) is 0 Å². The Morgan fingerprint density at radius 1 is 0.808 bits per heavy atom. The van der Waals surface area contributed by atoms with Gasteiger partial charge in [0.2, 0.25) is 0 Å². The highest BCUT2D eigenvalue weighted by Crippen LogP contribution is 2.45. The van der Waals surface area contributed by atoms with Crippen molar-refractivity contribution in [1.29, 1.82) is 0 Å². The van der Waals surface area contributed by atoms with Crippen LogP contribution in [0.25, 0.3) is 10.2 Å². The molecular weight excluding hydrogens is 381 g/mol. The third-order valence-corrected chi connectivity index (χ3v) is 10.9. The summed E-state index contributed by atoms with van der Waals surface area (Å²) < 4.78 is 28.6. The van der Waals surface area contributed by atoms with E-state index in [1.165, 1.54) is 11.3 Å². The maximum atomic E-state index is 14.0. The molecule has 0 N–H and O–H groups in total. The van der Waals surface area contributed by atoms with Crippen molar-refractivity contribution < 1.29 is 8.77 Å². The van der Waals surface area contributed by atoms with Crippen molar-refractivity contribution in [2.24, 2.45) is 0 Å². The Bertz CT molecular complexity index is 1030. The summed E-state index contributed by atoms with van der Waals surface area (Å²) in [6.07, 6.45) is 0. The molecule has 3 aromatic carbocycles. The number of hydrogen-bond acceptors (Lipinski definition) is 4. The van der Waals surface area contributed by atoms with Gasteiger partial charge in [-0.05, 0) is 12.1 Å². The van der Waals surface area contributed by atoms with Crippen molar-refractivity contribution in [2.75, 3.05) is 5.49 Å². The van der Waals surface area contributed by atoms with Crippen LogP contribution >= 0.6 is 18.5 Å². The Morgan fingerprint density at radius 2 is 1.35 bits per heavy atom.